The Balaban J connectivity index is 1.90. The second-order valence-corrected chi connectivity index (χ2v) is 7.43. The number of aliphatic carboxylic acids is 1. The molecule has 0 saturated carbocycles. The molecule has 0 aromatic heterocycles. The number of benzene rings is 2. The maximum atomic E-state index is 12.3. The monoisotopic (exact) mass is 486 g/mol. The van der Waals surface area contributed by atoms with E-state index in [1.165, 1.54) is 26.2 Å². The lowest BCUT2D eigenvalue weighted by molar-refractivity contribution is -0.133. The fraction of sp³-hybridized carbons (Fsp3) is 0.136. The van der Waals surface area contributed by atoms with E-state index >= 15 is 0 Å². The fourth-order valence-corrected chi connectivity index (χ4v) is 3.64. The van der Waals surface area contributed by atoms with E-state index in [0.29, 0.717) is 10.0 Å². The van der Waals surface area contributed by atoms with Gasteiger partial charge in [-0.1, -0.05) is 30.3 Å². The van der Waals surface area contributed by atoms with E-state index in [0.717, 1.165) is 5.56 Å². The van der Waals surface area contributed by atoms with E-state index < -0.39 is 24.0 Å². The molecular weight excluding hydrogens is 468 g/mol. The van der Waals surface area contributed by atoms with Crippen molar-refractivity contribution in [3.8, 4) is 11.5 Å². The molecule has 3 rings (SSSR count). The number of hydrogen-bond acceptors (Lipinski definition) is 5. The van der Waals surface area contributed by atoms with Gasteiger partial charge in [0.05, 0.1) is 23.2 Å². The molecule has 1 unspecified atom stereocenters. The maximum absolute atomic E-state index is 12.3. The third kappa shape index (κ3) is 5.13. The van der Waals surface area contributed by atoms with Crippen LogP contribution in [0.5, 0.6) is 11.5 Å². The van der Waals surface area contributed by atoms with Crippen LogP contribution >= 0.6 is 15.9 Å². The summed E-state index contributed by atoms with van der Waals surface area (Å²) in [5.41, 5.74) is 1.50. The van der Waals surface area contributed by atoms with Crippen LogP contribution in [0, 0.1) is 0 Å². The molecule has 2 aromatic rings. The minimum atomic E-state index is -1.17. The number of methoxy groups -OCH3 is 1. The predicted octanol–water partition coefficient (Wildman–Crippen LogP) is 3.79. The molecular formula is C22H19BrN2O6. The van der Waals surface area contributed by atoms with Crippen molar-refractivity contribution in [2.45, 2.75) is 13.0 Å². The minimum absolute atomic E-state index is 0.0101. The fourth-order valence-electron chi connectivity index (χ4n) is 3.10. The van der Waals surface area contributed by atoms with Crippen molar-refractivity contribution in [2.24, 2.45) is 0 Å². The largest absolute Gasteiger partial charge is 0.493 e. The highest BCUT2D eigenvalue weighted by Crippen LogP contribution is 2.40. The molecule has 1 aliphatic heterocycles. The first-order chi connectivity index (χ1) is 14.8. The molecule has 0 bridgehead atoms. The van der Waals surface area contributed by atoms with Gasteiger partial charge in [0.15, 0.2) is 11.5 Å². The molecule has 9 heteroatoms. The Labute approximate surface area is 186 Å². The Bertz CT molecular complexity index is 1090. The van der Waals surface area contributed by atoms with Gasteiger partial charge in [-0.15, -0.1) is 0 Å². The number of carboxylic acid groups (broad SMARTS) is 1. The van der Waals surface area contributed by atoms with Gasteiger partial charge >= 0.3 is 18.0 Å². The van der Waals surface area contributed by atoms with Crippen LogP contribution in [-0.2, 0) is 9.59 Å². The Hall–Kier alpha value is -3.59. The van der Waals surface area contributed by atoms with Crippen molar-refractivity contribution in [2.75, 3.05) is 7.11 Å². The highest BCUT2D eigenvalue weighted by molar-refractivity contribution is 9.10. The summed E-state index contributed by atoms with van der Waals surface area (Å²) in [6.07, 6.45) is 2.91. The molecule has 1 heterocycles. The van der Waals surface area contributed by atoms with E-state index in [2.05, 4.69) is 26.6 Å². The van der Waals surface area contributed by atoms with Gasteiger partial charge in [0.2, 0.25) is 0 Å². The number of rotatable bonds is 6. The third-order valence-corrected chi connectivity index (χ3v) is 5.09. The molecule has 1 atom stereocenters. The van der Waals surface area contributed by atoms with Gasteiger partial charge in [-0.2, -0.15) is 0 Å². The van der Waals surface area contributed by atoms with Crippen LogP contribution < -0.4 is 20.1 Å². The lowest BCUT2D eigenvalue weighted by Crippen LogP contribution is -2.45. The number of allylic oxidation sites excluding steroid dienone is 1. The van der Waals surface area contributed by atoms with E-state index in [-0.39, 0.29) is 22.8 Å². The maximum Gasteiger partial charge on any atom is 0.336 e. The number of halogens is 1. The number of urea groups is 1. The molecule has 31 heavy (non-hydrogen) atoms. The molecule has 2 amide bonds. The van der Waals surface area contributed by atoms with E-state index in [1.54, 1.807) is 12.1 Å². The highest BCUT2D eigenvalue weighted by Gasteiger charge is 2.32. The van der Waals surface area contributed by atoms with Crippen LogP contribution in [0.1, 0.15) is 24.1 Å². The first-order valence-electron chi connectivity index (χ1n) is 9.14. The van der Waals surface area contributed by atoms with E-state index in [1.807, 2.05) is 30.3 Å². The number of carbonyl (C=O) groups excluding carboxylic acids is 2. The molecule has 0 fully saturated rings. The summed E-state index contributed by atoms with van der Waals surface area (Å²) in [5, 5.41) is 14.6. The quantitative estimate of drug-likeness (QED) is 0.325. The van der Waals surface area contributed by atoms with Gasteiger partial charge in [0, 0.05) is 11.8 Å². The van der Waals surface area contributed by atoms with Crippen molar-refractivity contribution in [1.82, 2.24) is 10.6 Å². The van der Waals surface area contributed by atoms with Gasteiger partial charge in [0.1, 0.15) is 0 Å². The normalized spacial score (nSPS) is 16.0. The van der Waals surface area contributed by atoms with Crippen LogP contribution in [0.25, 0.3) is 6.08 Å². The lowest BCUT2D eigenvalue weighted by Gasteiger charge is -2.27. The topological polar surface area (TPSA) is 114 Å². The number of carbonyl (C=O) groups is 3. The Kier molecular flexibility index (Phi) is 6.76. The molecule has 0 spiro atoms. The van der Waals surface area contributed by atoms with E-state index in [9.17, 15) is 19.5 Å². The third-order valence-electron chi connectivity index (χ3n) is 4.50. The van der Waals surface area contributed by atoms with Crippen molar-refractivity contribution >= 4 is 40.0 Å². The summed E-state index contributed by atoms with van der Waals surface area (Å²) in [6.45, 7) is 1.51. The Morgan fingerprint density at radius 2 is 1.90 bits per heavy atom. The van der Waals surface area contributed by atoms with Gasteiger partial charge in [-0.25, -0.2) is 14.4 Å². The van der Waals surface area contributed by atoms with Crippen molar-refractivity contribution in [3.05, 3.63) is 75.4 Å². The summed E-state index contributed by atoms with van der Waals surface area (Å²) in [4.78, 5) is 35.9. The summed E-state index contributed by atoms with van der Waals surface area (Å²) >= 11 is 3.34. The molecule has 0 radical (unpaired) electrons. The van der Waals surface area contributed by atoms with Crippen LogP contribution in [0.15, 0.2) is 64.3 Å². The van der Waals surface area contributed by atoms with Crippen molar-refractivity contribution in [3.63, 3.8) is 0 Å². The number of amides is 2. The van der Waals surface area contributed by atoms with Gasteiger partial charge < -0.3 is 25.2 Å². The predicted molar refractivity (Wildman–Crippen MR) is 117 cm³/mol. The number of esters is 1. The summed E-state index contributed by atoms with van der Waals surface area (Å²) in [7, 11) is 1.39. The number of carboxylic acids is 1. The lowest BCUT2D eigenvalue weighted by atomic mass is 9.95. The zero-order valence-electron chi connectivity index (χ0n) is 16.6. The average Bonchev–Trinajstić information content (AvgIpc) is 2.73. The number of nitrogens with one attached hydrogen (secondary N) is 2. The first-order valence-corrected chi connectivity index (χ1v) is 9.93. The number of ether oxygens (including phenoxy) is 2. The average molecular weight is 487 g/mol. The van der Waals surface area contributed by atoms with Crippen LogP contribution in [0.2, 0.25) is 0 Å². The second kappa shape index (κ2) is 9.48. The van der Waals surface area contributed by atoms with Crippen molar-refractivity contribution in [1.29, 1.82) is 0 Å². The van der Waals surface area contributed by atoms with Crippen LogP contribution in [-0.4, -0.2) is 30.2 Å². The van der Waals surface area contributed by atoms with Crippen LogP contribution in [0.3, 0.4) is 0 Å². The second-order valence-electron chi connectivity index (χ2n) is 6.57. The first kappa shape index (κ1) is 22.1. The van der Waals surface area contributed by atoms with Crippen molar-refractivity contribution < 1.29 is 29.0 Å². The van der Waals surface area contributed by atoms with E-state index in [4.69, 9.17) is 9.47 Å². The molecule has 3 N–H and O–H groups in total. The number of hydrogen-bond donors (Lipinski definition) is 3. The molecule has 2 aromatic carbocycles. The zero-order valence-corrected chi connectivity index (χ0v) is 18.2. The summed E-state index contributed by atoms with van der Waals surface area (Å²) in [5.74, 6) is -1.47. The standard InChI is InChI=1S/C22H19BrN2O6/c1-12-18(21(27)28)19(25-22(29)24-12)14-10-15(23)20(16(11-14)30-2)31-17(26)9-8-13-6-4-3-5-7-13/h3-11,19H,1-2H3,(H,27,28)(H2,24,25,29). The molecule has 1 aliphatic rings. The highest BCUT2D eigenvalue weighted by atomic mass is 79.9. The molecule has 8 nitrogen and oxygen atoms in total. The minimum Gasteiger partial charge on any atom is -0.493 e. The molecule has 0 saturated heterocycles. The van der Waals surface area contributed by atoms with Gasteiger partial charge in [-0.3, -0.25) is 0 Å². The van der Waals surface area contributed by atoms with Gasteiger partial charge in [-0.05, 0) is 52.2 Å². The molecule has 0 aliphatic carbocycles. The summed E-state index contributed by atoms with van der Waals surface area (Å²) < 4.78 is 11.1. The van der Waals surface area contributed by atoms with Gasteiger partial charge in [0.25, 0.3) is 0 Å². The molecule has 160 valence electrons. The Morgan fingerprint density at radius 3 is 2.55 bits per heavy atom. The van der Waals surface area contributed by atoms with Crippen LogP contribution in [0.4, 0.5) is 4.79 Å². The zero-order chi connectivity index (χ0) is 22.5. The summed E-state index contributed by atoms with van der Waals surface area (Å²) in [6, 6.07) is 10.9. The smallest absolute Gasteiger partial charge is 0.336 e. The SMILES string of the molecule is COc1cc(C2NC(=O)NC(C)=C2C(=O)O)cc(Br)c1OC(=O)C=Cc1ccccc1. The Morgan fingerprint density at radius 1 is 1.19 bits per heavy atom.